The summed E-state index contributed by atoms with van der Waals surface area (Å²) in [6.45, 7) is 4.88. The minimum Gasteiger partial charge on any atom is -0.352 e. The second-order valence-corrected chi connectivity index (χ2v) is 13.7. The fourth-order valence-corrected chi connectivity index (χ4v) is 7.38. The number of aryl methyl sites for hydroxylation is 2. The van der Waals surface area contributed by atoms with Gasteiger partial charge in [0.25, 0.3) is 10.0 Å². The molecule has 3 aromatic rings. The fraction of sp³-hybridized carbons (Fsp3) is 0.394. The summed E-state index contributed by atoms with van der Waals surface area (Å²) in [5.41, 5.74) is 2.58. The maximum atomic E-state index is 14.3. The first kappa shape index (κ1) is 32.8. The normalized spacial score (nSPS) is 14.6. The highest BCUT2D eigenvalue weighted by Crippen LogP contribution is 2.30. The minimum absolute atomic E-state index is 0.0411. The first-order chi connectivity index (χ1) is 20.5. The van der Waals surface area contributed by atoms with E-state index in [1.165, 1.54) is 17.0 Å². The molecule has 0 spiro atoms. The van der Waals surface area contributed by atoms with Gasteiger partial charge in [0.05, 0.1) is 10.6 Å². The molecule has 2 amide bonds. The van der Waals surface area contributed by atoms with Crippen LogP contribution < -0.4 is 9.62 Å². The number of carbonyl (C=O) groups is 2. The third-order valence-electron chi connectivity index (χ3n) is 8.04. The van der Waals surface area contributed by atoms with Gasteiger partial charge in [-0.15, -0.1) is 0 Å². The van der Waals surface area contributed by atoms with Crippen LogP contribution in [-0.4, -0.2) is 43.8 Å². The lowest BCUT2D eigenvalue weighted by Gasteiger charge is -2.34. The van der Waals surface area contributed by atoms with Crippen molar-refractivity contribution in [2.75, 3.05) is 10.8 Å². The maximum absolute atomic E-state index is 14.3. The highest BCUT2D eigenvalue weighted by Gasteiger charge is 2.34. The molecule has 4 rings (SSSR count). The Kier molecular flexibility index (Phi) is 11.2. The number of sulfonamides is 1. The summed E-state index contributed by atoms with van der Waals surface area (Å²) in [6.07, 6.45) is 5.56. The molecular weight excluding hydrogens is 605 g/mol. The number of hydrogen-bond acceptors (Lipinski definition) is 4. The topological polar surface area (TPSA) is 86.8 Å². The van der Waals surface area contributed by atoms with Crippen LogP contribution in [0, 0.1) is 6.92 Å². The number of hydrogen-bond donors (Lipinski definition) is 1. The molecule has 0 radical (unpaired) electrons. The zero-order valence-electron chi connectivity index (χ0n) is 24.9. The number of anilines is 1. The van der Waals surface area contributed by atoms with Gasteiger partial charge in [0.2, 0.25) is 11.8 Å². The molecule has 3 aromatic carbocycles. The first-order valence-corrected chi connectivity index (χ1v) is 16.9. The number of para-hydroxylation sites is 1. The minimum atomic E-state index is -4.16. The van der Waals surface area contributed by atoms with Crippen molar-refractivity contribution < 1.29 is 18.0 Å². The van der Waals surface area contributed by atoms with Crippen LogP contribution in [0.3, 0.4) is 0 Å². The van der Waals surface area contributed by atoms with E-state index in [0.29, 0.717) is 27.7 Å². The molecule has 0 unspecified atom stereocenters. The number of nitrogens with one attached hydrogen (secondary N) is 1. The molecule has 0 aromatic heterocycles. The van der Waals surface area contributed by atoms with E-state index in [1.807, 2.05) is 26.0 Å². The van der Waals surface area contributed by atoms with E-state index in [0.717, 1.165) is 47.5 Å². The van der Waals surface area contributed by atoms with E-state index in [4.69, 9.17) is 23.2 Å². The van der Waals surface area contributed by atoms with Crippen molar-refractivity contribution in [3.05, 3.63) is 93.5 Å². The number of halogens is 2. The number of nitrogens with zero attached hydrogens (tertiary/aromatic N) is 2. The Morgan fingerprint density at radius 1 is 0.930 bits per heavy atom. The summed E-state index contributed by atoms with van der Waals surface area (Å²) in [7, 11) is -4.16. The van der Waals surface area contributed by atoms with Crippen LogP contribution in [0.2, 0.25) is 10.0 Å². The number of carbonyl (C=O) groups excluding carboxylic acids is 2. The molecule has 1 aliphatic rings. The Labute approximate surface area is 265 Å². The van der Waals surface area contributed by atoms with E-state index in [1.54, 1.807) is 49.4 Å². The Balaban J connectivity index is 1.74. The van der Waals surface area contributed by atoms with Gasteiger partial charge in [0.1, 0.15) is 12.6 Å². The van der Waals surface area contributed by atoms with Gasteiger partial charge >= 0.3 is 0 Å². The van der Waals surface area contributed by atoms with E-state index < -0.39 is 28.5 Å². The molecule has 10 heteroatoms. The van der Waals surface area contributed by atoms with Crippen LogP contribution in [0.5, 0.6) is 0 Å². The quantitative estimate of drug-likeness (QED) is 0.246. The molecule has 1 fully saturated rings. The van der Waals surface area contributed by atoms with Crippen molar-refractivity contribution in [3.8, 4) is 0 Å². The largest absolute Gasteiger partial charge is 0.352 e. The summed E-state index contributed by atoms with van der Waals surface area (Å²) in [5.74, 6) is -0.853. The molecular formula is C33H39Cl2N3O4S. The highest BCUT2D eigenvalue weighted by molar-refractivity contribution is 7.92. The average Bonchev–Trinajstić information content (AvgIpc) is 3.00. The van der Waals surface area contributed by atoms with Gasteiger partial charge in [0, 0.05) is 28.2 Å². The molecule has 1 aliphatic carbocycles. The van der Waals surface area contributed by atoms with Gasteiger partial charge in [-0.3, -0.25) is 13.9 Å². The van der Waals surface area contributed by atoms with Gasteiger partial charge < -0.3 is 10.2 Å². The molecule has 0 bridgehead atoms. The van der Waals surface area contributed by atoms with Crippen LogP contribution in [0.4, 0.5) is 5.69 Å². The molecule has 0 heterocycles. The fourth-order valence-electron chi connectivity index (χ4n) is 5.41. The van der Waals surface area contributed by atoms with Crippen LogP contribution >= 0.6 is 23.2 Å². The third-order valence-corrected chi connectivity index (χ3v) is 10.5. The van der Waals surface area contributed by atoms with Gasteiger partial charge in [-0.1, -0.05) is 91.3 Å². The molecule has 1 N–H and O–H groups in total. The summed E-state index contributed by atoms with van der Waals surface area (Å²) >= 11 is 13.0. The molecule has 0 aliphatic heterocycles. The molecule has 230 valence electrons. The van der Waals surface area contributed by atoms with Crippen LogP contribution in [0.25, 0.3) is 0 Å². The van der Waals surface area contributed by atoms with Gasteiger partial charge in [-0.05, 0) is 69.0 Å². The van der Waals surface area contributed by atoms with E-state index in [2.05, 4.69) is 5.32 Å². The summed E-state index contributed by atoms with van der Waals surface area (Å²) in [6, 6.07) is 17.8. The Morgan fingerprint density at radius 3 is 2.19 bits per heavy atom. The monoisotopic (exact) mass is 643 g/mol. The van der Waals surface area contributed by atoms with E-state index in [-0.39, 0.29) is 23.4 Å². The average molecular weight is 645 g/mol. The maximum Gasteiger partial charge on any atom is 0.264 e. The lowest BCUT2D eigenvalue weighted by molar-refractivity contribution is -0.139. The van der Waals surface area contributed by atoms with Crippen molar-refractivity contribution >= 4 is 50.7 Å². The SMILES string of the molecule is CCc1ccccc1N(CC(=O)N(Cc1c(Cl)cccc1Cl)[C@H](C)C(=O)NC1CCCCC1)S(=O)(=O)c1ccc(C)cc1. The molecule has 1 saturated carbocycles. The Morgan fingerprint density at radius 2 is 1.56 bits per heavy atom. The van der Waals surface area contributed by atoms with Crippen LogP contribution in [-0.2, 0) is 32.6 Å². The zero-order chi connectivity index (χ0) is 31.1. The standard InChI is InChI=1S/C33H39Cl2N3O4S/c1-4-25-11-8-9-16-31(25)38(43(41,42)27-19-17-23(2)18-20-27)22-32(39)37(21-28-29(34)14-10-15-30(28)35)24(3)33(40)36-26-12-6-5-7-13-26/h8-11,14-20,24,26H,4-7,12-13,21-22H2,1-3H3,(H,36,40)/t24-/m1/s1. The first-order valence-electron chi connectivity index (χ1n) is 14.7. The van der Waals surface area contributed by atoms with Gasteiger partial charge in [0.15, 0.2) is 0 Å². The van der Waals surface area contributed by atoms with Crippen molar-refractivity contribution in [2.24, 2.45) is 0 Å². The summed E-state index contributed by atoms with van der Waals surface area (Å²) in [4.78, 5) is 29.2. The lowest BCUT2D eigenvalue weighted by atomic mass is 9.95. The van der Waals surface area contributed by atoms with E-state index in [9.17, 15) is 18.0 Å². The van der Waals surface area contributed by atoms with Crippen LogP contribution in [0.1, 0.15) is 62.6 Å². The smallest absolute Gasteiger partial charge is 0.264 e. The summed E-state index contributed by atoms with van der Waals surface area (Å²) in [5, 5.41) is 3.81. The molecule has 1 atom stereocenters. The van der Waals surface area contributed by atoms with Crippen molar-refractivity contribution in [3.63, 3.8) is 0 Å². The molecule has 0 saturated heterocycles. The molecule has 43 heavy (non-hydrogen) atoms. The lowest BCUT2D eigenvalue weighted by Crippen LogP contribution is -2.53. The zero-order valence-corrected chi connectivity index (χ0v) is 27.2. The van der Waals surface area contributed by atoms with E-state index >= 15 is 0 Å². The Bertz CT molecular complexity index is 1520. The van der Waals surface area contributed by atoms with Crippen molar-refractivity contribution in [1.29, 1.82) is 0 Å². The van der Waals surface area contributed by atoms with Crippen molar-refractivity contribution in [1.82, 2.24) is 10.2 Å². The highest BCUT2D eigenvalue weighted by atomic mass is 35.5. The van der Waals surface area contributed by atoms with Gasteiger partial charge in [-0.25, -0.2) is 8.42 Å². The Hall–Kier alpha value is -3.07. The van der Waals surface area contributed by atoms with Crippen LogP contribution in [0.15, 0.2) is 71.6 Å². The predicted molar refractivity (Wildman–Crippen MR) is 173 cm³/mol. The number of rotatable bonds is 11. The molecule has 7 nitrogen and oxygen atoms in total. The van der Waals surface area contributed by atoms with Crippen molar-refractivity contribution in [2.45, 2.75) is 82.8 Å². The number of benzene rings is 3. The second kappa shape index (κ2) is 14.6. The number of amides is 2. The second-order valence-electron chi connectivity index (χ2n) is 11.0. The predicted octanol–water partition coefficient (Wildman–Crippen LogP) is 6.93. The summed E-state index contributed by atoms with van der Waals surface area (Å²) < 4.78 is 29.4. The van der Waals surface area contributed by atoms with Gasteiger partial charge in [-0.2, -0.15) is 0 Å². The third kappa shape index (κ3) is 7.91.